The average molecular weight is 343 g/mol. The fourth-order valence-corrected chi connectivity index (χ4v) is 3.70. The molecule has 0 saturated carbocycles. The van der Waals surface area contributed by atoms with Crippen molar-refractivity contribution in [1.82, 2.24) is 4.90 Å². The van der Waals surface area contributed by atoms with Gasteiger partial charge in [-0.3, -0.25) is 9.80 Å². The Hall–Kier alpha value is -2.04. The second kappa shape index (κ2) is 6.46. The molecule has 1 fully saturated rings. The monoisotopic (exact) mass is 342 g/mol. The number of benzene rings is 2. The molecule has 0 unspecified atom stereocenters. The summed E-state index contributed by atoms with van der Waals surface area (Å²) >= 11 is 6.33. The molecule has 5 heteroatoms. The van der Waals surface area contributed by atoms with Crippen molar-refractivity contribution in [3.05, 3.63) is 64.7 Å². The quantitative estimate of drug-likeness (QED) is 0.824. The number of hydrogen-bond acceptors (Lipinski definition) is 3. The zero-order valence-electron chi connectivity index (χ0n) is 13.3. The highest BCUT2D eigenvalue weighted by Gasteiger charge is 2.36. The van der Waals surface area contributed by atoms with Gasteiger partial charge in [0, 0.05) is 24.7 Å². The number of fused-ring (bicyclic) bond motifs is 3. The Morgan fingerprint density at radius 3 is 2.79 bits per heavy atom. The van der Waals surface area contributed by atoms with Crippen LogP contribution in [0.25, 0.3) is 0 Å². The van der Waals surface area contributed by atoms with Crippen LogP contribution >= 0.6 is 11.6 Å². The zero-order chi connectivity index (χ0) is 16.5. The Kier molecular flexibility index (Phi) is 4.17. The van der Waals surface area contributed by atoms with Gasteiger partial charge < -0.3 is 4.74 Å². The molecule has 1 amide bonds. The average Bonchev–Trinajstić information content (AvgIpc) is 2.93. The normalized spacial score (nSPS) is 20.8. The smallest absolute Gasteiger partial charge is 0.414 e. The minimum Gasteiger partial charge on any atom is -0.447 e. The van der Waals surface area contributed by atoms with E-state index in [1.807, 2.05) is 41.3 Å². The topological polar surface area (TPSA) is 32.8 Å². The molecule has 2 aliphatic rings. The van der Waals surface area contributed by atoms with Crippen LogP contribution in [0.3, 0.4) is 0 Å². The third kappa shape index (κ3) is 2.87. The van der Waals surface area contributed by atoms with Gasteiger partial charge in [-0.05, 0) is 29.7 Å². The maximum atomic E-state index is 12.1. The summed E-state index contributed by atoms with van der Waals surface area (Å²) in [4.78, 5) is 16.3. The predicted octanol–water partition coefficient (Wildman–Crippen LogP) is 4.07. The number of carbonyl (C=O) groups is 1. The van der Waals surface area contributed by atoms with E-state index in [4.69, 9.17) is 16.3 Å². The number of halogens is 1. The van der Waals surface area contributed by atoms with Crippen molar-refractivity contribution < 1.29 is 9.53 Å². The minimum atomic E-state index is -0.230. The van der Waals surface area contributed by atoms with Gasteiger partial charge in [0.1, 0.15) is 6.61 Å². The van der Waals surface area contributed by atoms with Crippen LogP contribution in [0.15, 0.2) is 48.5 Å². The first-order valence-corrected chi connectivity index (χ1v) is 8.60. The van der Waals surface area contributed by atoms with Gasteiger partial charge >= 0.3 is 6.09 Å². The number of amides is 1. The van der Waals surface area contributed by atoms with E-state index in [1.54, 1.807) is 0 Å². The fourth-order valence-electron chi connectivity index (χ4n) is 3.50. The first-order valence-electron chi connectivity index (χ1n) is 8.22. The molecule has 1 atom stereocenters. The van der Waals surface area contributed by atoms with E-state index < -0.39 is 0 Å². The van der Waals surface area contributed by atoms with Crippen LogP contribution in [0.4, 0.5) is 10.5 Å². The summed E-state index contributed by atoms with van der Waals surface area (Å²) in [7, 11) is 0. The summed E-state index contributed by atoms with van der Waals surface area (Å²) < 4.78 is 5.29. The highest BCUT2D eigenvalue weighted by molar-refractivity contribution is 6.31. The predicted molar refractivity (Wildman–Crippen MR) is 94.2 cm³/mol. The van der Waals surface area contributed by atoms with E-state index in [9.17, 15) is 4.79 Å². The van der Waals surface area contributed by atoms with Crippen molar-refractivity contribution in [1.29, 1.82) is 0 Å². The molecule has 0 aromatic heterocycles. The lowest BCUT2D eigenvalue weighted by Gasteiger charge is -2.32. The molecule has 4 rings (SSSR count). The number of cyclic esters (lactones) is 1. The highest BCUT2D eigenvalue weighted by Crippen LogP contribution is 2.32. The van der Waals surface area contributed by atoms with Gasteiger partial charge in [0.2, 0.25) is 0 Å². The van der Waals surface area contributed by atoms with Gasteiger partial charge in [-0.25, -0.2) is 4.79 Å². The van der Waals surface area contributed by atoms with Gasteiger partial charge in [-0.2, -0.15) is 0 Å². The van der Waals surface area contributed by atoms with Gasteiger partial charge in [0.05, 0.1) is 11.7 Å². The Labute approximate surface area is 146 Å². The zero-order valence-corrected chi connectivity index (χ0v) is 14.1. The molecule has 124 valence electrons. The molecular formula is C19H19ClN2O2. The maximum absolute atomic E-state index is 12.1. The molecule has 1 saturated heterocycles. The Bertz CT molecular complexity index is 765. The second-order valence-corrected chi connectivity index (χ2v) is 6.73. The fraction of sp³-hybridized carbons (Fsp3) is 0.316. The van der Waals surface area contributed by atoms with Crippen LogP contribution in [0.1, 0.15) is 17.5 Å². The lowest BCUT2D eigenvalue weighted by atomic mass is 10.0. The van der Waals surface area contributed by atoms with Crippen LogP contribution in [-0.2, 0) is 17.8 Å². The number of carbonyl (C=O) groups excluding carboxylic acids is 1. The third-order valence-corrected chi connectivity index (χ3v) is 5.11. The van der Waals surface area contributed by atoms with Crippen LogP contribution in [0.2, 0.25) is 5.02 Å². The molecule has 0 bridgehead atoms. The van der Waals surface area contributed by atoms with Crippen molar-refractivity contribution in [3.63, 3.8) is 0 Å². The lowest BCUT2D eigenvalue weighted by molar-refractivity contribution is 0.177. The molecule has 2 aromatic carbocycles. The van der Waals surface area contributed by atoms with Gasteiger partial charge in [-0.15, -0.1) is 0 Å². The summed E-state index contributed by atoms with van der Waals surface area (Å²) in [6.45, 7) is 2.96. The Balaban J connectivity index is 1.64. The summed E-state index contributed by atoms with van der Waals surface area (Å²) in [5, 5.41) is 0.800. The van der Waals surface area contributed by atoms with E-state index in [0.717, 1.165) is 47.9 Å². The van der Waals surface area contributed by atoms with Crippen LogP contribution < -0.4 is 4.90 Å². The van der Waals surface area contributed by atoms with Crippen LogP contribution in [0.5, 0.6) is 0 Å². The Morgan fingerprint density at radius 1 is 1.12 bits per heavy atom. The van der Waals surface area contributed by atoms with E-state index in [2.05, 4.69) is 17.0 Å². The highest BCUT2D eigenvalue weighted by atomic mass is 35.5. The molecule has 4 nitrogen and oxygen atoms in total. The second-order valence-electron chi connectivity index (χ2n) is 6.32. The molecule has 0 spiro atoms. The first-order chi connectivity index (χ1) is 11.7. The number of nitrogens with zero attached hydrogens (tertiary/aromatic N) is 2. The van der Waals surface area contributed by atoms with Gasteiger partial charge in [-0.1, -0.05) is 48.0 Å². The SMILES string of the molecule is O=C1OC[C@@H]2CCN(Cc3ccccc3Cl)Cc3ccccc3N12. The standard InChI is InChI=1S/C19H19ClN2O2/c20-17-7-3-1-5-14(17)11-21-10-9-16-13-24-19(23)22(16)18-8-4-2-6-15(18)12-21/h1-8,16H,9-13H2/t16-/m0/s1. The lowest BCUT2D eigenvalue weighted by Crippen LogP contribution is -2.40. The van der Waals surface area contributed by atoms with E-state index in [0.29, 0.717) is 6.61 Å². The van der Waals surface area contributed by atoms with Crippen molar-refractivity contribution in [2.45, 2.75) is 25.6 Å². The van der Waals surface area contributed by atoms with Crippen molar-refractivity contribution >= 4 is 23.4 Å². The largest absolute Gasteiger partial charge is 0.447 e. The number of anilines is 1. The third-order valence-electron chi connectivity index (χ3n) is 4.74. The molecule has 2 heterocycles. The van der Waals surface area contributed by atoms with Crippen LogP contribution in [-0.4, -0.2) is 30.2 Å². The number of para-hydroxylation sites is 1. The number of ether oxygens (including phenoxy) is 1. The number of rotatable bonds is 2. The van der Waals surface area contributed by atoms with Crippen molar-refractivity contribution in [2.75, 3.05) is 18.1 Å². The van der Waals surface area contributed by atoms with E-state index >= 15 is 0 Å². The number of hydrogen-bond donors (Lipinski definition) is 0. The van der Waals surface area contributed by atoms with Crippen molar-refractivity contribution in [3.8, 4) is 0 Å². The minimum absolute atomic E-state index is 0.104. The molecule has 24 heavy (non-hydrogen) atoms. The van der Waals surface area contributed by atoms with Gasteiger partial charge in [0.25, 0.3) is 0 Å². The maximum Gasteiger partial charge on any atom is 0.414 e. The molecule has 0 radical (unpaired) electrons. The summed E-state index contributed by atoms with van der Waals surface area (Å²) in [5.74, 6) is 0. The molecule has 0 N–H and O–H groups in total. The van der Waals surface area contributed by atoms with Gasteiger partial charge in [0.15, 0.2) is 0 Å². The van der Waals surface area contributed by atoms with E-state index in [1.165, 1.54) is 0 Å². The van der Waals surface area contributed by atoms with Crippen molar-refractivity contribution in [2.24, 2.45) is 0 Å². The molecule has 2 aromatic rings. The summed E-state index contributed by atoms with van der Waals surface area (Å²) in [5.41, 5.74) is 3.25. The molecule has 2 aliphatic heterocycles. The summed E-state index contributed by atoms with van der Waals surface area (Å²) in [6.07, 6.45) is 0.664. The van der Waals surface area contributed by atoms with E-state index in [-0.39, 0.29) is 12.1 Å². The molecule has 0 aliphatic carbocycles. The summed E-state index contributed by atoms with van der Waals surface area (Å²) in [6, 6.07) is 16.2. The first kappa shape index (κ1) is 15.5. The molecular weight excluding hydrogens is 324 g/mol. The van der Waals surface area contributed by atoms with Crippen LogP contribution in [0, 0.1) is 0 Å². The Morgan fingerprint density at radius 2 is 1.92 bits per heavy atom.